The molecule has 0 bridgehead atoms. The van der Waals surface area contributed by atoms with Gasteiger partial charge in [-0.2, -0.15) is 4.98 Å². The number of nitrogens with zero attached hydrogens (tertiary/aromatic N) is 4. The van der Waals surface area contributed by atoms with Crippen LogP contribution in [0, 0.1) is 13.8 Å². The van der Waals surface area contributed by atoms with E-state index < -0.39 is 0 Å². The van der Waals surface area contributed by atoms with Crippen LogP contribution < -0.4 is 10.1 Å². The first kappa shape index (κ1) is 19.6. The highest BCUT2D eigenvalue weighted by molar-refractivity contribution is 5.77. The van der Waals surface area contributed by atoms with Crippen molar-refractivity contribution >= 4 is 11.7 Å². The summed E-state index contributed by atoms with van der Waals surface area (Å²) >= 11 is 0. The number of carbonyl (C=O) groups excluding carboxylic acids is 1. The number of hydrogen-bond acceptors (Lipinski definition) is 5. The predicted molar refractivity (Wildman–Crippen MR) is 114 cm³/mol. The number of benzene rings is 2. The molecule has 7 nitrogen and oxygen atoms in total. The van der Waals surface area contributed by atoms with Gasteiger partial charge in [-0.1, -0.05) is 48.5 Å². The minimum absolute atomic E-state index is 0.0997. The van der Waals surface area contributed by atoms with E-state index in [1.165, 1.54) is 0 Å². The molecule has 2 aromatic heterocycles. The summed E-state index contributed by atoms with van der Waals surface area (Å²) in [6, 6.07) is 19.9. The van der Waals surface area contributed by atoms with E-state index in [9.17, 15) is 4.79 Å². The third-order valence-corrected chi connectivity index (χ3v) is 4.63. The van der Waals surface area contributed by atoms with E-state index in [4.69, 9.17) is 4.74 Å². The zero-order valence-corrected chi connectivity index (χ0v) is 17.0. The molecule has 0 aliphatic heterocycles. The molecule has 4 aromatic rings. The summed E-state index contributed by atoms with van der Waals surface area (Å²) in [6.45, 7) is 4.61. The first-order valence-corrected chi connectivity index (χ1v) is 9.84. The first-order chi connectivity index (χ1) is 14.6. The van der Waals surface area contributed by atoms with Crippen LogP contribution in [-0.2, 0) is 11.2 Å². The third-order valence-electron chi connectivity index (χ3n) is 4.63. The van der Waals surface area contributed by atoms with Gasteiger partial charge in [-0.3, -0.25) is 4.79 Å². The molecule has 152 valence electrons. The van der Waals surface area contributed by atoms with Gasteiger partial charge >= 0.3 is 0 Å². The SMILES string of the molecule is Cc1cc(C)n2nc(CC(=O)NCCOc3ccccc3-c3ccccc3)nc2n1. The van der Waals surface area contributed by atoms with E-state index in [2.05, 4.69) is 20.4 Å². The van der Waals surface area contributed by atoms with Gasteiger partial charge in [0.1, 0.15) is 12.4 Å². The summed E-state index contributed by atoms with van der Waals surface area (Å²) in [5.74, 6) is 1.59. The van der Waals surface area contributed by atoms with E-state index in [1.54, 1.807) is 4.52 Å². The summed E-state index contributed by atoms with van der Waals surface area (Å²) in [6.07, 6.45) is 0.0997. The number of hydrogen-bond donors (Lipinski definition) is 1. The van der Waals surface area contributed by atoms with Crippen molar-refractivity contribution in [3.63, 3.8) is 0 Å². The molecule has 1 amide bonds. The number of aryl methyl sites for hydroxylation is 2. The Balaban J connectivity index is 1.31. The average molecular weight is 401 g/mol. The van der Waals surface area contributed by atoms with Gasteiger partial charge < -0.3 is 10.1 Å². The Morgan fingerprint density at radius 2 is 1.80 bits per heavy atom. The average Bonchev–Trinajstić information content (AvgIpc) is 3.14. The molecule has 1 N–H and O–H groups in total. The number of fused-ring (bicyclic) bond motifs is 1. The Hall–Kier alpha value is -3.74. The van der Waals surface area contributed by atoms with Crippen LogP contribution in [0.5, 0.6) is 5.75 Å². The van der Waals surface area contributed by atoms with E-state index in [1.807, 2.05) is 74.5 Å². The molecule has 7 heteroatoms. The topological polar surface area (TPSA) is 81.4 Å². The molecule has 0 spiro atoms. The molecule has 0 atom stereocenters. The monoisotopic (exact) mass is 401 g/mol. The molecular formula is C23H23N5O2. The Bertz CT molecular complexity index is 1170. The lowest BCUT2D eigenvalue weighted by Gasteiger charge is -2.12. The molecule has 0 unspecified atom stereocenters. The molecule has 2 aromatic carbocycles. The second kappa shape index (κ2) is 8.73. The maximum absolute atomic E-state index is 12.3. The third kappa shape index (κ3) is 4.46. The van der Waals surface area contributed by atoms with Crippen molar-refractivity contribution in [2.75, 3.05) is 13.2 Å². The first-order valence-electron chi connectivity index (χ1n) is 9.84. The number of amides is 1. The number of carbonyl (C=O) groups is 1. The quantitative estimate of drug-likeness (QED) is 0.481. The zero-order chi connectivity index (χ0) is 20.9. The summed E-state index contributed by atoms with van der Waals surface area (Å²) in [4.78, 5) is 21.0. The number of nitrogens with one attached hydrogen (secondary N) is 1. The van der Waals surface area contributed by atoms with Crippen LogP contribution >= 0.6 is 0 Å². The molecule has 0 aliphatic carbocycles. The van der Waals surface area contributed by atoms with Crippen molar-refractivity contribution in [2.45, 2.75) is 20.3 Å². The molecule has 0 aliphatic rings. The van der Waals surface area contributed by atoms with Gasteiger partial charge in [0.15, 0.2) is 5.82 Å². The summed E-state index contributed by atoms with van der Waals surface area (Å²) in [7, 11) is 0. The van der Waals surface area contributed by atoms with Crippen LogP contribution in [0.25, 0.3) is 16.9 Å². The van der Waals surface area contributed by atoms with E-state index in [0.29, 0.717) is 24.8 Å². The minimum Gasteiger partial charge on any atom is -0.491 e. The fraction of sp³-hybridized carbons (Fsp3) is 0.217. The van der Waals surface area contributed by atoms with Crippen LogP contribution in [0.2, 0.25) is 0 Å². The number of rotatable bonds is 7. The summed E-state index contributed by atoms with van der Waals surface area (Å²) in [5, 5.41) is 7.22. The second-order valence-electron chi connectivity index (χ2n) is 7.02. The molecule has 0 saturated carbocycles. The van der Waals surface area contributed by atoms with Crippen molar-refractivity contribution in [1.82, 2.24) is 24.9 Å². The van der Waals surface area contributed by atoms with Gasteiger partial charge in [-0.15, -0.1) is 5.10 Å². The van der Waals surface area contributed by atoms with Crippen molar-refractivity contribution in [3.8, 4) is 16.9 Å². The van der Waals surface area contributed by atoms with Crippen LogP contribution in [0.4, 0.5) is 0 Å². The van der Waals surface area contributed by atoms with Crippen LogP contribution in [0.15, 0.2) is 60.7 Å². The fourth-order valence-corrected chi connectivity index (χ4v) is 3.29. The van der Waals surface area contributed by atoms with Gasteiger partial charge in [0.2, 0.25) is 5.91 Å². The smallest absolute Gasteiger partial charge is 0.252 e. The maximum Gasteiger partial charge on any atom is 0.252 e. The van der Waals surface area contributed by atoms with Crippen LogP contribution in [0.1, 0.15) is 17.2 Å². The van der Waals surface area contributed by atoms with Crippen molar-refractivity contribution in [1.29, 1.82) is 0 Å². The van der Waals surface area contributed by atoms with Crippen molar-refractivity contribution in [2.24, 2.45) is 0 Å². The largest absolute Gasteiger partial charge is 0.491 e. The zero-order valence-electron chi connectivity index (χ0n) is 17.0. The van der Waals surface area contributed by atoms with Gasteiger partial charge in [0.05, 0.1) is 13.0 Å². The highest BCUT2D eigenvalue weighted by Gasteiger charge is 2.12. The molecule has 0 fully saturated rings. The van der Waals surface area contributed by atoms with E-state index in [-0.39, 0.29) is 12.3 Å². The highest BCUT2D eigenvalue weighted by Crippen LogP contribution is 2.29. The lowest BCUT2D eigenvalue weighted by molar-refractivity contribution is -0.120. The van der Waals surface area contributed by atoms with Crippen LogP contribution in [0.3, 0.4) is 0 Å². The Morgan fingerprint density at radius 3 is 2.63 bits per heavy atom. The lowest BCUT2D eigenvalue weighted by Crippen LogP contribution is -2.29. The summed E-state index contributed by atoms with van der Waals surface area (Å²) < 4.78 is 7.56. The molecule has 0 radical (unpaired) electrons. The Morgan fingerprint density at radius 1 is 1.03 bits per heavy atom. The van der Waals surface area contributed by atoms with Gasteiger partial charge in [-0.25, -0.2) is 9.50 Å². The molecule has 2 heterocycles. The predicted octanol–water partition coefficient (Wildman–Crippen LogP) is 3.15. The van der Waals surface area contributed by atoms with Crippen molar-refractivity contribution < 1.29 is 9.53 Å². The fourth-order valence-electron chi connectivity index (χ4n) is 3.29. The second-order valence-corrected chi connectivity index (χ2v) is 7.02. The molecule has 0 saturated heterocycles. The lowest BCUT2D eigenvalue weighted by atomic mass is 10.1. The Kier molecular flexibility index (Phi) is 5.70. The van der Waals surface area contributed by atoms with Gasteiger partial charge in [-0.05, 0) is 31.5 Å². The standard InChI is InChI=1S/C23H23N5O2/c1-16-14-17(2)28-23(25-16)26-21(27-28)15-22(29)24-12-13-30-20-11-7-6-10-19(20)18-8-4-3-5-9-18/h3-11,14H,12-13,15H2,1-2H3,(H,24,29). The number of aromatic nitrogens is 4. The normalized spacial score (nSPS) is 10.9. The van der Waals surface area contributed by atoms with Gasteiger partial charge in [0, 0.05) is 17.0 Å². The van der Waals surface area contributed by atoms with Gasteiger partial charge in [0.25, 0.3) is 5.78 Å². The highest BCUT2D eigenvalue weighted by atomic mass is 16.5. The van der Waals surface area contributed by atoms with E-state index in [0.717, 1.165) is 28.3 Å². The minimum atomic E-state index is -0.153. The van der Waals surface area contributed by atoms with E-state index >= 15 is 0 Å². The molecule has 30 heavy (non-hydrogen) atoms. The maximum atomic E-state index is 12.3. The molecular weight excluding hydrogens is 378 g/mol. The summed E-state index contributed by atoms with van der Waals surface area (Å²) in [5.41, 5.74) is 3.92. The molecule has 4 rings (SSSR count). The van der Waals surface area contributed by atoms with Crippen LogP contribution in [-0.4, -0.2) is 38.6 Å². The Labute approximate surface area is 174 Å². The van der Waals surface area contributed by atoms with Crippen molar-refractivity contribution in [3.05, 3.63) is 77.9 Å². The number of para-hydroxylation sites is 1. The number of ether oxygens (including phenoxy) is 1.